The van der Waals surface area contributed by atoms with E-state index in [9.17, 15) is 0 Å². The van der Waals surface area contributed by atoms with Crippen molar-refractivity contribution >= 4 is 30.0 Å². The average Bonchev–Trinajstić information content (AvgIpc) is 2.64. The molecule has 0 aliphatic carbocycles. The number of rotatable bonds is 3. The highest BCUT2D eigenvalue weighted by atomic mass is 35.5. The Morgan fingerprint density at radius 2 is 2.19 bits per heavy atom. The van der Waals surface area contributed by atoms with E-state index in [1.54, 1.807) is 0 Å². The van der Waals surface area contributed by atoms with Crippen LogP contribution in [-0.2, 0) is 6.42 Å². The predicted molar refractivity (Wildman–Crippen MR) is 67.1 cm³/mol. The molecule has 0 aliphatic rings. The van der Waals surface area contributed by atoms with E-state index in [1.807, 2.05) is 12.1 Å². The number of hydrogen-bond donors (Lipinski definition) is 3. The molecular formula is C10H14ClN5. The molecule has 0 unspecified atom stereocenters. The number of aryl methyl sites for hydroxylation is 1. The van der Waals surface area contributed by atoms with Crippen LogP contribution in [0, 0.1) is 0 Å². The normalized spacial score (nSPS) is 9.56. The molecule has 0 spiro atoms. The van der Waals surface area contributed by atoms with Crippen LogP contribution in [0.25, 0.3) is 0 Å². The maximum atomic E-state index is 5.42. The van der Waals surface area contributed by atoms with Gasteiger partial charge in [0.15, 0.2) is 0 Å². The minimum Gasteiger partial charge on any atom is -0.368 e. The summed E-state index contributed by atoms with van der Waals surface area (Å²) in [5.74, 6) is 0.866. The Morgan fingerprint density at radius 3 is 2.81 bits per heavy atom. The lowest BCUT2D eigenvalue weighted by molar-refractivity contribution is 1.10. The van der Waals surface area contributed by atoms with Crippen molar-refractivity contribution in [2.45, 2.75) is 13.3 Å². The molecule has 86 valence electrons. The Hall–Kier alpha value is -1.75. The summed E-state index contributed by atoms with van der Waals surface area (Å²) in [5.41, 5.74) is 7.67. The largest absolute Gasteiger partial charge is 0.368 e. The number of halogens is 1. The zero-order chi connectivity index (χ0) is 10.7. The van der Waals surface area contributed by atoms with Crippen molar-refractivity contribution in [3.63, 3.8) is 0 Å². The van der Waals surface area contributed by atoms with Gasteiger partial charge < -0.3 is 11.1 Å². The third-order valence-corrected chi connectivity index (χ3v) is 2.10. The van der Waals surface area contributed by atoms with Gasteiger partial charge in [0.25, 0.3) is 0 Å². The van der Waals surface area contributed by atoms with Crippen molar-refractivity contribution in [1.82, 2.24) is 15.2 Å². The fraction of sp³-hybridized carbons (Fsp3) is 0.200. The van der Waals surface area contributed by atoms with Gasteiger partial charge in [0.2, 0.25) is 11.9 Å². The number of nitrogens with zero attached hydrogens (tertiary/aromatic N) is 2. The third kappa shape index (κ3) is 2.87. The first-order chi connectivity index (χ1) is 7.28. The first kappa shape index (κ1) is 12.3. The third-order valence-electron chi connectivity index (χ3n) is 2.10. The SMILES string of the molecule is CCc1cccc(Nc2nnc(N)[nH]2)c1.Cl. The first-order valence-corrected chi connectivity index (χ1v) is 4.82. The van der Waals surface area contributed by atoms with E-state index < -0.39 is 0 Å². The maximum Gasteiger partial charge on any atom is 0.227 e. The van der Waals surface area contributed by atoms with Crippen LogP contribution in [0.3, 0.4) is 0 Å². The quantitative estimate of drug-likeness (QED) is 0.767. The lowest BCUT2D eigenvalue weighted by Gasteiger charge is -2.03. The monoisotopic (exact) mass is 239 g/mol. The standard InChI is InChI=1S/C10H13N5.ClH/c1-2-7-4-3-5-8(6-7)12-10-13-9(11)14-15-10;/h3-6H,2H2,1H3,(H4,11,12,13,14,15);1H. The van der Waals surface area contributed by atoms with Gasteiger partial charge >= 0.3 is 0 Å². The number of nitrogens with one attached hydrogen (secondary N) is 2. The van der Waals surface area contributed by atoms with Gasteiger partial charge in [-0.3, -0.25) is 4.98 Å². The minimum atomic E-state index is 0. The molecule has 1 aromatic carbocycles. The second-order valence-electron chi connectivity index (χ2n) is 3.24. The number of H-pyrrole nitrogens is 1. The molecule has 0 atom stereocenters. The fourth-order valence-electron chi connectivity index (χ4n) is 1.34. The van der Waals surface area contributed by atoms with E-state index in [2.05, 4.69) is 39.6 Å². The first-order valence-electron chi connectivity index (χ1n) is 4.82. The van der Waals surface area contributed by atoms with Crippen LogP contribution in [0.4, 0.5) is 17.6 Å². The van der Waals surface area contributed by atoms with Crippen molar-refractivity contribution in [2.24, 2.45) is 0 Å². The van der Waals surface area contributed by atoms with Crippen molar-refractivity contribution in [2.75, 3.05) is 11.1 Å². The summed E-state index contributed by atoms with van der Waals surface area (Å²) < 4.78 is 0. The topological polar surface area (TPSA) is 79.6 Å². The minimum absolute atomic E-state index is 0. The zero-order valence-electron chi connectivity index (χ0n) is 8.90. The maximum absolute atomic E-state index is 5.42. The Morgan fingerprint density at radius 1 is 1.38 bits per heavy atom. The van der Waals surface area contributed by atoms with E-state index in [0.717, 1.165) is 12.1 Å². The highest BCUT2D eigenvalue weighted by molar-refractivity contribution is 5.85. The van der Waals surface area contributed by atoms with Gasteiger partial charge in [0.1, 0.15) is 0 Å². The molecule has 0 bridgehead atoms. The molecule has 0 saturated carbocycles. The summed E-state index contributed by atoms with van der Waals surface area (Å²) in [4.78, 5) is 2.81. The van der Waals surface area contributed by atoms with Crippen LogP contribution in [-0.4, -0.2) is 15.2 Å². The van der Waals surface area contributed by atoms with Crippen molar-refractivity contribution < 1.29 is 0 Å². The lowest BCUT2D eigenvalue weighted by atomic mass is 10.1. The molecule has 0 fully saturated rings. The van der Waals surface area contributed by atoms with Gasteiger partial charge in [0.05, 0.1) is 0 Å². The van der Waals surface area contributed by atoms with E-state index in [-0.39, 0.29) is 12.4 Å². The Balaban J connectivity index is 0.00000128. The van der Waals surface area contributed by atoms with Gasteiger partial charge in [-0.2, -0.15) is 0 Å². The molecule has 1 aromatic heterocycles. The van der Waals surface area contributed by atoms with Crippen molar-refractivity contribution in [3.05, 3.63) is 29.8 Å². The van der Waals surface area contributed by atoms with Crippen LogP contribution < -0.4 is 11.1 Å². The molecule has 0 aliphatic heterocycles. The van der Waals surface area contributed by atoms with Crippen LogP contribution in [0.2, 0.25) is 0 Å². The van der Waals surface area contributed by atoms with Crippen LogP contribution in [0.15, 0.2) is 24.3 Å². The molecule has 0 radical (unpaired) electrons. The number of nitrogens with two attached hydrogens (primary N) is 1. The van der Waals surface area contributed by atoms with E-state index in [1.165, 1.54) is 5.56 Å². The van der Waals surface area contributed by atoms with Gasteiger partial charge in [-0.1, -0.05) is 19.1 Å². The molecule has 1 heterocycles. The highest BCUT2D eigenvalue weighted by Crippen LogP contribution is 2.15. The Labute approximate surface area is 99.9 Å². The molecule has 2 rings (SSSR count). The van der Waals surface area contributed by atoms with Crippen molar-refractivity contribution in [3.8, 4) is 0 Å². The fourth-order valence-corrected chi connectivity index (χ4v) is 1.34. The number of aromatic nitrogens is 3. The second kappa shape index (κ2) is 5.37. The summed E-state index contributed by atoms with van der Waals surface area (Å²) in [7, 11) is 0. The molecule has 5 nitrogen and oxygen atoms in total. The number of aromatic amines is 1. The molecule has 4 N–H and O–H groups in total. The summed E-state index contributed by atoms with van der Waals surface area (Å²) >= 11 is 0. The number of benzene rings is 1. The van der Waals surface area contributed by atoms with Gasteiger partial charge in [-0.25, -0.2) is 0 Å². The van der Waals surface area contributed by atoms with Crippen LogP contribution >= 0.6 is 12.4 Å². The van der Waals surface area contributed by atoms with Crippen molar-refractivity contribution in [1.29, 1.82) is 0 Å². The number of hydrogen-bond acceptors (Lipinski definition) is 4. The van der Waals surface area contributed by atoms with Gasteiger partial charge in [0, 0.05) is 5.69 Å². The lowest BCUT2D eigenvalue weighted by Crippen LogP contribution is -1.93. The average molecular weight is 240 g/mol. The van der Waals surface area contributed by atoms with E-state index in [4.69, 9.17) is 5.73 Å². The molecule has 16 heavy (non-hydrogen) atoms. The Bertz CT molecular complexity index is 454. The second-order valence-corrected chi connectivity index (χ2v) is 3.24. The van der Waals surface area contributed by atoms with Crippen LogP contribution in [0.1, 0.15) is 12.5 Å². The highest BCUT2D eigenvalue weighted by Gasteiger charge is 1.99. The van der Waals surface area contributed by atoms with Gasteiger partial charge in [-0.05, 0) is 24.1 Å². The number of nitrogen functional groups attached to an aromatic ring is 1. The predicted octanol–water partition coefficient (Wildman–Crippen LogP) is 2.11. The Kier molecular flexibility index (Phi) is 4.13. The summed E-state index contributed by atoms with van der Waals surface area (Å²) in [6, 6.07) is 8.12. The number of anilines is 3. The summed E-state index contributed by atoms with van der Waals surface area (Å²) in [6.45, 7) is 2.12. The molecule has 6 heteroatoms. The molecular weight excluding hydrogens is 226 g/mol. The summed E-state index contributed by atoms with van der Waals surface area (Å²) in [6.07, 6.45) is 1.01. The smallest absolute Gasteiger partial charge is 0.227 e. The van der Waals surface area contributed by atoms with Crippen LogP contribution in [0.5, 0.6) is 0 Å². The van der Waals surface area contributed by atoms with Gasteiger partial charge in [-0.15, -0.1) is 22.6 Å². The summed E-state index contributed by atoms with van der Waals surface area (Å²) in [5, 5.41) is 10.6. The molecule has 0 saturated heterocycles. The van der Waals surface area contributed by atoms with E-state index in [0.29, 0.717) is 11.9 Å². The van der Waals surface area contributed by atoms with E-state index >= 15 is 0 Å². The zero-order valence-corrected chi connectivity index (χ0v) is 9.71. The molecule has 0 amide bonds. The molecule has 2 aromatic rings.